The second kappa shape index (κ2) is 7.52. The van der Waals surface area contributed by atoms with E-state index in [0.717, 1.165) is 0 Å². The SMILES string of the molecule is O=C1CC[C@@H](C(=O)NCCCOc2ccc(Cl)cc2Cl)N1. The van der Waals surface area contributed by atoms with Crippen LogP contribution in [0.15, 0.2) is 18.2 Å². The number of hydrogen-bond donors (Lipinski definition) is 2. The summed E-state index contributed by atoms with van der Waals surface area (Å²) in [5, 5.41) is 6.40. The van der Waals surface area contributed by atoms with Gasteiger partial charge in [0.15, 0.2) is 0 Å². The molecule has 0 radical (unpaired) electrons. The third-order valence-electron chi connectivity index (χ3n) is 3.08. The Morgan fingerprint density at radius 1 is 1.43 bits per heavy atom. The first-order valence-electron chi connectivity index (χ1n) is 6.71. The molecule has 1 aromatic carbocycles. The Balaban J connectivity index is 1.63. The van der Waals surface area contributed by atoms with Crippen molar-refractivity contribution in [1.82, 2.24) is 10.6 Å². The summed E-state index contributed by atoms with van der Waals surface area (Å²) in [4.78, 5) is 22.7. The van der Waals surface area contributed by atoms with E-state index in [1.165, 1.54) is 0 Å². The lowest BCUT2D eigenvalue weighted by molar-refractivity contribution is -0.125. The van der Waals surface area contributed by atoms with Gasteiger partial charge in [0.2, 0.25) is 11.8 Å². The summed E-state index contributed by atoms with van der Waals surface area (Å²) in [6, 6.07) is 4.62. The Morgan fingerprint density at radius 3 is 2.90 bits per heavy atom. The molecule has 1 fully saturated rings. The number of halogens is 2. The second-order valence-corrected chi connectivity index (χ2v) is 5.57. The molecule has 21 heavy (non-hydrogen) atoms. The molecule has 2 amide bonds. The van der Waals surface area contributed by atoms with Crippen molar-refractivity contribution >= 4 is 35.0 Å². The van der Waals surface area contributed by atoms with Gasteiger partial charge in [-0.15, -0.1) is 0 Å². The van der Waals surface area contributed by atoms with Gasteiger partial charge >= 0.3 is 0 Å². The van der Waals surface area contributed by atoms with Gasteiger partial charge < -0.3 is 15.4 Å². The fraction of sp³-hybridized carbons (Fsp3) is 0.429. The molecule has 7 heteroatoms. The van der Waals surface area contributed by atoms with Crippen molar-refractivity contribution in [1.29, 1.82) is 0 Å². The van der Waals surface area contributed by atoms with E-state index in [9.17, 15) is 9.59 Å². The van der Waals surface area contributed by atoms with Crippen LogP contribution in [0.4, 0.5) is 0 Å². The first-order valence-corrected chi connectivity index (χ1v) is 7.47. The van der Waals surface area contributed by atoms with Crippen molar-refractivity contribution in [3.05, 3.63) is 28.2 Å². The number of amides is 2. The molecule has 0 saturated carbocycles. The highest BCUT2D eigenvalue weighted by Crippen LogP contribution is 2.27. The van der Waals surface area contributed by atoms with Crippen LogP contribution in [0, 0.1) is 0 Å². The minimum atomic E-state index is -0.399. The first kappa shape index (κ1) is 15.9. The van der Waals surface area contributed by atoms with Crippen LogP contribution in [0.1, 0.15) is 19.3 Å². The van der Waals surface area contributed by atoms with Crippen molar-refractivity contribution in [2.75, 3.05) is 13.2 Å². The van der Waals surface area contributed by atoms with Crippen molar-refractivity contribution in [2.24, 2.45) is 0 Å². The maximum Gasteiger partial charge on any atom is 0.242 e. The Hall–Kier alpha value is -1.46. The maximum absolute atomic E-state index is 11.7. The fourth-order valence-electron chi connectivity index (χ4n) is 1.99. The lowest BCUT2D eigenvalue weighted by atomic mass is 10.2. The van der Waals surface area contributed by atoms with Crippen LogP contribution in [0.2, 0.25) is 10.0 Å². The van der Waals surface area contributed by atoms with Gasteiger partial charge in [0, 0.05) is 18.0 Å². The van der Waals surface area contributed by atoms with E-state index in [-0.39, 0.29) is 11.8 Å². The normalized spacial score (nSPS) is 17.4. The Kier molecular flexibility index (Phi) is 5.70. The van der Waals surface area contributed by atoms with Crippen LogP contribution in [-0.4, -0.2) is 31.0 Å². The van der Waals surface area contributed by atoms with E-state index in [1.807, 2.05) is 0 Å². The largest absolute Gasteiger partial charge is 0.492 e. The zero-order chi connectivity index (χ0) is 15.2. The zero-order valence-corrected chi connectivity index (χ0v) is 12.8. The Labute approximate surface area is 132 Å². The number of carbonyl (C=O) groups is 2. The van der Waals surface area contributed by atoms with E-state index in [1.54, 1.807) is 18.2 Å². The van der Waals surface area contributed by atoms with Crippen molar-refractivity contribution in [3.63, 3.8) is 0 Å². The van der Waals surface area contributed by atoms with E-state index in [4.69, 9.17) is 27.9 Å². The van der Waals surface area contributed by atoms with Crippen LogP contribution < -0.4 is 15.4 Å². The van der Waals surface area contributed by atoms with Gasteiger partial charge in [-0.3, -0.25) is 9.59 Å². The molecule has 0 spiro atoms. The van der Waals surface area contributed by atoms with Crippen LogP contribution in [-0.2, 0) is 9.59 Å². The number of rotatable bonds is 6. The standard InChI is InChI=1S/C14H16Cl2N2O3/c15-9-2-4-12(10(16)8-9)21-7-1-6-17-14(20)11-3-5-13(19)18-11/h2,4,8,11H,1,3,5-7H2,(H,17,20)(H,18,19)/t11-/m0/s1. The molecule has 1 saturated heterocycles. The minimum Gasteiger partial charge on any atom is -0.492 e. The molecule has 1 aliphatic heterocycles. The zero-order valence-electron chi connectivity index (χ0n) is 11.3. The summed E-state index contributed by atoms with van der Waals surface area (Å²) in [5.41, 5.74) is 0. The van der Waals surface area contributed by atoms with Gasteiger partial charge in [-0.1, -0.05) is 23.2 Å². The molecule has 1 aromatic rings. The second-order valence-electron chi connectivity index (χ2n) is 4.73. The number of carbonyl (C=O) groups excluding carboxylic acids is 2. The van der Waals surface area contributed by atoms with Gasteiger partial charge in [-0.2, -0.15) is 0 Å². The summed E-state index contributed by atoms with van der Waals surface area (Å²) in [6.07, 6.45) is 1.61. The van der Waals surface area contributed by atoms with E-state index < -0.39 is 6.04 Å². The molecule has 0 aliphatic carbocycles. The van der Waals surface area contributed by atoms with Gasteiger partial charge in [0.25, 0.3) is 0 Å². The molecule has 2 N–H and O–H groups in total. The predicted octanol–water partition coefficient (Wildman–Crippen LogP) is 2.16. The summed E-state index contributed by atoms with van der Waals surface area (Å²) in [7, 11) is 0. The third-order valence-corrected chi connectivity index (χ3v) is 3.61. The first-order chi connectivity index (χ1) is 10.1. The smallest absolute Gasteiger partial charge is 0.242 e. The van der Waals surface area contributed by atoms with Crippen LogP contribution in [0.5, 0.6) is 5.75 Å². The van der Waals surface area contributed by atoms with Crippen molar-refractivity contribution in [2.45, 2.75) is 25.3 Å². The number of nitrogens with one attached hydrogen (secondary N) is 2. The van der Waals surface area contributed by atoms with Crippen LogP contribution in [0.25, 0.3) is 0 Å². The average molecular weight is 331 g/mol. The molecule has 1 atom stereocenters. The number of ether oxygens (including phenoxy) is 1. The summed E-state index contributed by atoms with van der Waals surface area (Å²) in [5.74, 6) is 0.344. The third kappa shape index (κ3) is 4.79. The summed E-state index contributed by atoms with van der Waals surface area (Å²) < 4.78 is 5.50. The molecule has 1 aliphatic rings. The number of benzene rings is 1. The highest BCUT2D eigenvalue weighted by atomic mass is 35.5. The highest BCUT2D eigenvalue weighted by Gasteiger charge is 2.26. The molecule has 0 aromatic heterocycles. The van der Waals surface area contributed by atoms with Crippen LogP contribution in [0.3, 0.4) is 0 Å². The van der Waals surface area contributed by atoms with Gasteiger partial charge in [0.05, 0.1) is 11.6 Å². The molecular formula is C14H16Cl2N2O3. The topological polar surface area (TPSA) is 67.4 Å². The predicted molar refractivity (Wildman–Crippen MR) is 80.7 cm³/mol. The average Bonchev–Trinajstić information content (AvgIpc) is 2.87. The Bertz CT molecular complexity index is 537. The van der Waals surface area contributed by atoms with E-state index in [0.29, 0.717) is 48.2 Å². The summed E-state index contributed by atoms with van der Waals surface area (Å²) >= 11 is 11.8. The molecule has 114 valence electrons. The van der Waals surface area contributed by atoms with E-state index in [2.05, 4.69) is 10.6 Å². The lowest BCUT2D eigenvalue weighted by Crippen LogP contribution is -2.42. The molecule has 2 rings (SSSR count). The number of hydrogen-bond acceptors (Lipinski definition) is 3. The Morgan fingerprint density at radius 2 is 2.24 bits per heavy atom. The van der Waals surface area contributed by atoms with Gasteiger partial charge in [-0.05, 0) is 31.0 Å². The van der Waals surface area contributed by atoms with Crippen molar-refractivity contribution < 1.29 is 14.3 Å². The van der Waals surface area contributed by atoms with E-state index >= 15 is 0 Å². The fourth-order valence-corrected chi connectivity index (χ4v) is 2.46. The molecule has 0 bridgehead atoms. The highest BCUT2D eigenvalue weighted by molar-refractivity contribution is 6.35. The maximum atomic E-state index is 11.7. The lowest BCUT2D eigenvalue weighted by Gasteiger charge is -2.11. The van der Waals surface area contributed by atoms with Crippen molar-refractivity contribution in [3.8, 4) is 5.75 Å². The minimum absolute atomic E-state index is 0.0733. The molecule has 5 nitrogen and oxygen atoms in total. The molecule has 1 heterocycles. The van der Waals surface area contributed by atoms with Crippen LogP contribution >= 0.6 is 23.2 Å². The summed E-state index contributed by atoms with van der Waals surface area (Å²) in [6.45, 7) is 0.912. The van der Waals surface area contributed by atoms with Gasteiger partial charge in [0.1, 0.15) is 11.8 Å². The quantitative estimate of drug-likeness (QED) is 0.785. The van der Waals surface area contributed by atoms with Gasteiger partial charge in [-0.25, -0.2) is 0 Å². The monoisotopic (exact) mass is 330 g/mol. The molecular weight excluding hydrogens is 315 g/mol. The molecule has 0 unspecified atom stereocenters.